The van der Waals surface area contributed by atoms with E-state index in [1.807, 2.05) is 20.8 Å². The van der Waals surface area contributed by atoms with Gasteiger partial charge in [-0.05, 0) is 16.9 Å². The maximum Gasteiger partial charge on any atom is 0.554 e. The standard InChI is InChI=1S/C8H16ClNO3P/c1-6(10-14(9)12)7(11)13-5-8(2,3)4/h6H,5H2,1-4H3,(H,10,12)/q+1. The third-order valence-electron chi connectivity index (χ3n) is 1.30. The maximum atomic E-state index is 11.3. The van der Waals surface area contributed by atoms with Crippen molar-refractivity contribution in [2.45, 2.75) is 33.7 Å². The van der Waals surface area contributed by atoms with Gasteiger partial charge in [-0.25, -0.2) is 0 Å². The van der Waals surface area contributed by atoms with Gasteiger partial charge in [-0.1, -0.05) is 25.9 Å². The predicted octanol–water partition coefficient (Wildman–Crippen LogP) is 2.45. The molecule has 0 aliphatic heterocycles. The van der Waals surface area contributed by atoms with Crippen LogP contribution in [0.3, 0.4) is 0 Å². The topological polar surface area (TPSA) is 55.4 Å². The van der Waals surface area contributed by atoms with Crippen LogP contribution in [0.2, 0.25) is 0 Å². The Bertz CT molecular complexity index is 227. The lowest BCUT2D eigenvalue weighted by Gasteiger charge is -2.18. The van der Waals surface area contributed by atoms with E-state index in [0.717, 1.165) is 0 Å². The van der Waals surface area contributed by atoms with Crippen LogP contribution >= 0.6 is 18.5 Å². The lowest BCUT2D eigenvalue weighted by atomic mass is 9.99. The van der Waals surface area contributed by atoms with Crippen LogP contribution < -0.4 is 5.09 Å². The first-order valence-electron chi connectivity index (χ1n) is 4.28. The van der Waals surface area contributed by atoms with E-state index in [0.29, 0.717) is 6.61 Å². The summed E-state index contributed by atoms with van der Waals surface area (Å²) in [6.45, 7) is 7.76. The van der Waals surface area contributed by atoms with Gasteiger partial charge in [0.2, 0.25) is 11.2 Å². The summed E-state index contributed by atoms with van der Waals surface area (Å²) in [6, 6.07) is -0.640. The Balaban J connectivity index is 3.91. The fraction of sp³-hybridized carbons (Fsp3) is 0.875. The fourth-order valence-corrected chi connectivity index (χ4v) is 1.47. The summed E-state index contributed by atoms with van der Waals surface area (Å²) in [5.41, 5.74) is -0.0709. The number of carbonyl (C=O) groups is 1. The van der Waals surface area contributed by atoms with Crippen LogP contribution in [0, 0.1) is 5.41 Å². The summed E-state index contributed by atoms with van der Waals surface area (Å²) in [7, 11) is -2.04. The highest BCUT2D eigenvalue weighted by Crippen LogP contribution is 2.21. The Labute approximate surface area is 90.0 Å². The van der Waals surface area contributed by atoms with E-state index in [1.165, 1.54) is 0 Å². The minimum atomic E-state index is -2.04. The van der Waals surface area contributed by atoms with E-state index in [4.69, 9.17) is 16.0 Å². The molecule has 0 aromatic heterocycles. The first kappa shape index (κ1) is 13.8. The second-order valence-corrected chi connectivity index (χ2v) is 5.93. The van der Waals surface area contributed by atoms with Crippen LogP contribution in [0.4, 0.5) is 0 Å². The van der Waals surface area contributed by atoms with Crippen LogP contribution in [0.15, 0.2) is 0 Å². The highest BCUT2D eigenvalue weighted by molar-refractivity contribution is 7.72. The van der Waals surface area contributed by atoms with Gasteiger partial charge in [0.25, 0.3) is 0 Å². The number of nitrogens with one attached hydrogen (secondary N) is 1. The second-order valence-electron chi connectivity index (χ2n) is 4.26. The van der Waals surface area contributed by atoms with Gasteiger partial charge in [0, 0.05) is 0 Å². The second kappa shape index (κ2) is 5.64. The Hall–Kier alpha value is -0.180. The van der Waals surface area contributed by atoms with Crippen molar-refractivity contribution in [2.75, 3.05) is 6.61 Å². The van der Waals surface area contributed by atoms with Crippen LogP contribution in [-0.4, -0.2) is 18.6 Å². The summed E-state index contributed by atoms with van der Waals surface area (Å²) in [5, 5.41) is 2.38. The molecule has 0 spiro atoms. The number of halogens is 1. The molecule has 0 radical (unpaired) electrons. The molecular formula is C8H16ClNO3P+. The molecule has 4 nitrogen and oxygen atoms in total. The van der Waals surface area contributed by atoms with E-state index in [9.17, 15) is 9.36 Å². The van der Waals surface area contributed by atoms with Crippen molar-refractivity contribution in [3.8, 4) is 0 Å². The third-order valence-corrected chi connectivity index (χ3v) is 2.18. The maximum absolute atomic E-state index is 11.3. The number of esters is 1. The molecule has 6 heteroatoms. The molecule has 2 atom stereocenters. The van der Waals surface area contributed by atoms with E-state index in [1.54, 1.807) is 6.92 Å². The molecule has 0 amide bonds. The first-order chi connectivity index (χ1) is 6.22. The summed E-state index contributed by atoms with van der Waals surface area (Å²) in [6.07, 6.45) is 0. The highest BCUT2D eigenvalue weighted by atomic mass is 35.7. The van der Waals surface area contributed by atoms with Crippen LogP contribution in [-0.2, 0) is 14.1 Å². The average Bonchev–Trinajstić information content (AvgIpc) is 1.97. The van der Waals surface area contributed by atoms with Gasteiger partial charge >= 0.3 is 13.3 Å². The zero-order valence-corrected chi connectivity index (χ0v) is 10.5. The van der Waals surface area contributed by atoms with E-state index in [-0.39, 0.29) is 5.41 Å². The van der Waals surface area contributed by atoms with E-state index >= 15 is 0 Å². The molecule has 0 fully saturated rings. The zero-order valence-electron chi connectivity index (χ0n) is 8.83. The zero-order chi connectivity index (χ0) is 11.4. The number of hydrogen-bond donors (Lipinski definition) is 1. The van der Waals surface area contributed by atoms with E-state index in [2.05, 4.69) is 5.09 Å². The molecule has 0 aliphatic rings. The normalized spacial score (nSPS) is 14.8. The van der Waals surface area contributed by atoms with Crippen LogP contribution in [0.1, 0.15) is 27.7 Å². The van der Waals surface area contributed by atoms with Crippen molar-refractivity contribution in [2.24, 2.45) is 5.41 Å². The van der Waals surface area contributed by atoms with Crippen molar-refractivity contribution in [3.05, 3.63) is 0 Å². The SMILES string of the molecule is CC(N[P+](=O)Cl)C(=O)OCC(C)(C)C. The Kier molecular flexibility index (Phi) is 5.57. The van der Waals surface area contributed by atoms with Gasteiger partial charge in [-0.15, -0.1) is 0 Å². The lowest BCUT2D eigenvalue weighted by molar-refractivity contribution is -0.147. The van der Waals surface area contributed by atoms with Gasteiger partial charge in [0.1, 0.15) is 6.04 Å². The molecule has 0 aliphatic carbocycles. The quantitative estimate of drug-likeness (QED) is 0.606. The number of ether oxygens (including phenoxy) is 1. The van der Waals surface area contributed by atoms with E-state index < -0.39 is 19.3 Å². The molecule has 0 saturated heterocycles. The summed E-state index contributed by atoms with van der Waals surface area (Å²) < 4.78 is 15.5. The molecule has 0 saturated carbocycles. The van der Waals surface area contributed by atoms with Crippen molar-refractivity contribution in [1.82, 2.24) is 5.09 Å². The average molecular weight is 241 g/mol. The molecule has 0 aromatic rings. The minimum absolute atomic E-state index is 0.0709. The fourth-order valence-electron chi connectivity index (χ4n) is 0.618. The van der Waals surface area contributed by atoms with Crippen molar-refractivity contribution < 1.29 is 14.1 Å². The lowest BCUT2D eigenvalue weighted by Crippen LogP contribution is -2.32. The third kappa shape index (κ3) is 7.25. The molecular weight excluding hydrogens is 225 g/mol. The summed E-state index contributed by atoms with van der Waals surface area (Å²) in [4.78, 5) is 11.3. The van der Waals surface area contributed by atoms with Gasteiger partial charge in [0.15, 0.2) is 0 Å². The smallest absolute Gasteiger partial charge is 0.464 e. The predicted molar refractivity (Wildman–Crippen MR) is 56.5 cm³/mol. The largest absolute Gasteiger partial charge is 0.554 e. The van der Waals surface area contributed by atoms with Gasteiger partial charge in [-0.2, -0.15) is 0 Å². The molecule has 14 heavy (non-hydrogen) atoms. The van der Waals surface area contributed by atoms with Crippen molar-refractivity contribution >= 4 is 24.5 Å². The van der Waals surface area contributed by atoms with Gasteiger partial charge < -0.3 is 4.74 Å². The summed E-state index contributed by atoms with van der Waals surface area (Å²) >= 11 is 5.20. The molecule has 0 rings (SSSR count). The minimum Gasteiger partial charge on any atom is -0.464 e. The van der Waals surface area contributed by atoms with Crippen LogP contribution in [0.25, 0.3) is 0 Å². The Morgan fingerprint density at radius 2 is 2.07 bits per heavy atom. The molecule has 2 unspecified atom stereocenters. The van der Waals surface area contributed by atoms with Gasteiger partial charge in [0.05, 0.1) is 6.61 Å². The number of carbonyl (C=O) groups excluding carboxylic acids is 1. The monoisotopic (exact) mass is 240 g/mol. The van der Waals surface area contributed by atoms with Crippen LogP contribution in [0.5, 0.6) is 0 Å². The number of rotatable bonds is 4. The molecule has 1 N–H and O–H groups in total. The van der Waals surface area contributed by atoms with Crippen molar-refractivity contribution in [1.29, 1.82) is 0 Å². The molecule has 0 bridgehead atoms. The highest BCUT2D eigenvalue weighted by Gasteiger charge is 2.25. The van der Waals surface area contributed by atoms with Gasteiger partial charge in [-0.3, -0.25) is 4.79 Å². The molecule has 82 valence electrons. The molecule has 0 aromatic carbocycles. The Morgan fingerprint density at radius 3 is 2.43 bits per heavy atom. The number of hydrogen-bond acceptors (Lipinski definition) is 3. The van der Waals surface area contributed by atoms with Crippen molar-refractivity contribution in [3.63, 3.8) is 0 Å². The first-order valence-corrected chi connectivity index (χ1v) is 6.44. The Morgan fingerprint density at radius 1 is 1.57 bits per heavy atom. The molecule has 0 heterocycles. The summed E-state index contributed by atoms with van der Waals surface area (Å²) in [5.74, 6) is -0.441.